The molecule has 0 aromatic heterocycles. The predicted molar refractivity (Wildman–Crippen MR) is 90.3 cm³/mol. The highest BCUT2D eigenvalue weighted by molar-refractivity contribution is 5.85. The Balaban J connectivity index is 2.47. The van der Waals surface area contributed by atoms with Crippen molar-refractivity contribution in [3.63, 3.8) is 0 Å². The highest BCUT2D eigenvalue weighted by Gasteiger charge is 2.23. The van der Waals surface area contributed by atoms with E-state index in [9.17, 15) is 9.59 Å². The highest BCUT2D eigenvalue weighted by atomic mass is 16.5. The average Bonchev–Trinajstić information content (AvgIpc) is 2.56. The van der Waals surface area contributed by atoms with Gasteiger partial charge in [-0.25, -0.2) is 4.79 Å². The first-order valence-electron chi connectivity index (χ1n) is 8.09. The summed E-state index contributed by atoms with van der Waals surface area (Å²) in [6.07, 6.45) is 0.511. The SMILES string of the molecule is COCCOCC(=O)N[C@@H](CC(C)C)C(=O)OCc1ccccc1. The van der Waals surface area contributed by atoms with Gasteiger partial charge in [0.15, 0.2) is 0 Å². The zero-order valence-electron chi connectivity index (χ0n) is 14.6. The van der Waals surface area contributed by atoms with Crippen LogP contribution in [-0.2, 0) is 30.4 Å². The van der Waals surface area contributed by atoms with Crippen molar-refractivity contribution in [3.05, 3.63) is 35.9 Å². The molecule has 1 atom stereocenters. The molecule has 6 heteroatoms. The number of benzene rings is 1. The first-order chi connectivity index (χ1) is 11.5. The molecular weight excluding hydrogens is 310 g/mol. The molecule has 0 saturated heterocycles. The molecule has 0 aliphatic heterocycles. The van der Waals surface area contributed by atoms with Gasteiger partial charge in [0.1, 0.15) is 19.3 Å². The van der Waals surface area contributed by atoms with E-state index in [1.165, 1.54) is 0 Å². The standard InChI is InChI=1S/C18H27NO5/c1-14(2)11-16(19-17(20)13-23-10-9-22-3)18(21)24-12-15-7-5-4-6-8-15/h4-8,14,16H,9-13H2,1-3H3,(H,19,20)/t16-/m0/s1. The number of nitrogens with one attached hydrogen (secondary N) is 1. The monoisotopic (exact) mass is 337 g/mol. The van der Waals surface area contributed by atoms with Crippen molar-refractivity contribution >= 4 is 11.9 Å². The van der Waals surface area contributed by atoms with Crippen LogP contribution in [0.15, 0.2) is 30.3 Å². The molecule has 0 spiro atoms. The van der Waals surface area contributed by atoms with Crippen LogP contribution in [0.2, 0.25) is 0 Å². The summed E-state index contributed by atoms with van der Waals surface area (Å²) in [6.45, 7) is 4.80. The van der Waals surface area contributed by atoms with E-state index in [0.29, 0.717) is 19.6 Å². The molecule has 6 nitrogen and oxygen atoms in total. The van der Waals surface area contributed by atoms with Crippen LogP contribution in [0.4, 0.5) is 0 Å². The van der Waals surface area contributed by atoms with Crippen LogP contribution in [0.1, 0.15) is 25.8 Å². The summed E-state index contributed by atoms with van der Waals surface area (Å²) in [5.41, 5.74) is 0.906. The lowest BCUT2D eigenvalue weighted by molar-refractivity contribution is -0.150. The minimum absolute atomic E-state index is 0.107. The first kappa shape index (κ1) is 20.1. The summed E-state index contributed by atoms with van der Waals surface area (Å²) in [5, 5.41) is 2.68. The lowest BCUT2D eigenvalue weighted by atomic mass is 10.0. The van der Waals surface area contributed by atoms with Crippen molar-refractivity contribution in [2.45, 2.75) is 32.9 Å². The van der Waals surface area contributed by atoms with E-state index >= 15 is 0 Å². The Morgan fingerprint density at radius 2 is 1.83 bits per heavy atom. The molecule has 0 bridgehead atoms. The van der Waals surface area contributed by atoms with Crippen molar-refractivity contribution in [1.29, 1.82) is 0 Å². The van der Waals surface area contributed by atoms with Crippen molar-refractivity contribution in [3.8, 4) is 0 Å². The third kappa shape index (κ3) is 8.64. The molecule has 0 saturated carbocycles. The van der Waals surface area contributed by atoms with Crippen molar-refractivity contribution in [2.75, 3.05) is 26.9 Å². The summed E-state index contributed by atoms with van der Waals surface area (Å²) in [5.74, 6) is -0.528. The Labute approximate surface area is 143 Å². The van der Waals surface area contributed by atoms with Gasteiger partial charge < -0.3 is 19.5 Å². The van der Waals surface area contributed by atoms with E-state index in [2.05, 4.69) is 5.32 Å². The van der Waals surface area contributed by atoms with Gasteiger partial charge in [0.05, 0.1) is 13.2 Å². The molecule has 134 valence electrons. The second kappa shape index (κ2) is 11.6. The Bertz CT molecular complexity index is 489. The van der Waals surface area contributed by atoms with Crippen molar-refractivity contribution in [2.24, 2.45) is 5.92 Å². The second-order valence-electron chi connectivity index (χ2n) is 5.89. The fraction of sp³-hybridized carbons (Fsp3) is 0.556. The molecular formula is C18H27NO5. The molecule has 0 fully saturated rings. The van der Waals surface area contributed by atoms with Gasteiger partial charge in [-0.1, -0.05) is 44.2 Å². The average molecular weight is 337 g/mol. The Kier molecular flexibility index (Phi) is 9.72. The topological polar surface area (TPSA) is 73.9 Å². The number of carbonyl (C=O) groups is 2. The lowest BCUT2D eigenvalue weighted by Crippen LogP contribution is -2.44. The van der Waals surface area contributed by atoms with E-state index < -0.39 is 12.0 Å². The maximum Gasteiger partial charge on any atom is 0.328 e. The Hall–Kier alpha value is -1.92. The van der Waals surface area contributed by atoms with Gasteiger partial charge in [-0.2, -0.15) is 0 Å². The zero-order chi connectivity index (χ0) is 17.8. The summed E-state index contributed by atoms with van der Waals surface area (Å²) < 4.78 is 15.3. The van der Waals surface area contributed by atoms with Crippen LogP contribution in [-0.4, -0.2) is 44.8 Å². The zero-order valence-corrected chi connectivity index (χ0v) is 14.6. The van der Waals surface area contributed by atoms with Gasteiger partial charge in [0.25, 0.3) is 0 Å². The molecule has 0 heterocycles. The van der Waals surface area contributed by atoms with E-state index in [0.717, 1.165) is 5.56 Å². The lowest BCUT2D eigenvalue weighted by Gasteiger charge is -2.19. The van der Waals surface area contributed by atoms with Crippen LogP contribution in [0.25, 0.3) is 0 Å². The smallest absolute Gasteiger partial charge is 0.328 e. The first-order valence-corrected chi connectivity index (χ1v) is 8.09. The number of rotatable bonds is 11. The normalized spacial score (nSPS) is 12.0. The molecule has 1 N–H and O–H groups in total. The van der Waals surface area contributed by atoms with Crippen molar-refractivity contribution < 1.29 is 23.8 Å². The van der Waals surface area contributed by atoms with Gasteiger partial charge in [-0.3, -0.25) is 4.79 Å². The van der Waals surface area contributed by atoms with Crippen molar-refractivity contribution in [1.82, 2.24) is 5.32 Å². The van der Waals surface area contributed by atoms with E-state index in [1.807, 2.05) is 44.2 Å². The summed E-state index contributed by atoms with van der Waals surface area (Å²) in [6, 6.07) is 8.76. The van der Waals surface area contributed by atoms with Gasteiger partial charge >= 0.3 is 5.97 Å². The number of esters is 1. The molecule has 1 aromatic rings. The summed E-state index contributed by atoms with van der Waals surface area (Å²) in [7, 11) is 1.56. The number of hydrogen-bond donors (Lipinski definition) is 1. The van der Waals surface area contributed by atoms with Gasteiger partial charge in [-0.05, 0) is 17.9 Å². The van der Waals surface area contributed by atoms with Gasteiger partial charge in [0, 0.05) is 7.11 Å². The Morgan fingerprint density at radius 1 is 1.12 bits per heavy atom. The van der Waals surface area contributed by atoms with E-state index in [4.69, 9.17) is 14.2 Å². The van der Waals surface area contributed by atoms with Crippen LogP contribution in [0.3, 0.4) is 0 Å². The predicted octanol–water partition coefficient (Wildman–Crippen LogP) is 1.92. The number of carbonyl (C=O) groups excluding carboxylic acids is 2. The molecule has 0 aliphatic carbocycles. The Morgan fingerprint density at radius 3 is 2.46 bits per heavy atom. The minimum atomic E-state index is -0.674. The quantitative estimate of drug-likeness (QED) is 0.493. The molecule has 1 aromatic carbocycles. The third-order valence-electron chi connectivity index (χ3n) is 3.22. The second-order valence-corrected chi connectivity index (χ2v) is 5.89. The van der Waals surface area contributed by atoms with Crippen LogP contribution in [0, 0.1) is 5.92 Å². The number of hydrogen-bond acceptors (Lipinski definition) is 5. The minimum Gasteiger partial charge on any atom is -0.459 e. The number of ether oxygens (including phenoxy) is 3. The molecule has 0 aliphatic rings. The summed E-state index contributed by atoms with van der Waals surface area (Å²) in [4.78, 5) is 24.2. The number of amides is 1. The molecule has 1 rings (SSSR count). The molecule has 24 heavy (non-hydrogen) atoms. The third-order valence-corrected chi connectivity index (χ3v) is 3.22. The van der Waals surface area contributed by atoms with Gasteiger partial charge in [-0.15, -0.1) is 0 Å². The molecule has 0 unspecified atom stereocenters. The fourth-order valence-electron chi connectivity index (χ4n) is 2.06. The maximum absolute atomic E-state index is 12.3. The summed E-state index contributed by atoms with van der Waals surface area (Å²) >= 11 is 0. The van der Waals surface area contributed by atoms with E-state index in [1.54, 1.807) is 7.11 Å². The number of methoxy groups -OCH3 is 1. The highest BCUT2D eigenvalue weighted by Crippen LogP contribution is 2.08. The van der Waals surface area contributed by atoms with Crippen LogP contribution < -0.4 is 5.32 Å². The van der Waals surface area contributed by atoms with Crippen LogP contribution in [0.5, 0.6) is 0 Å². The molecule has 0 radical (unpaired) electrons. The maximum atomic E-state index is 12.3. The fourth-order valence-corrected chi connectivity index (χ4v) is 2.06. The van der Waals surface area contributed by atoms with Gasteiger partial charge in [0.2, 0.25) is 5.91 Å². The van der Waals surface area contributed by atoms with Crippen LogP contribution >= 0.6 is 0 Å². The molecule has 1 amide bonds. The largest absolute Gasteiger partial charge is 0.459 e. The van der Waals surface area contributed by atoms with E-state index in [-0.39, 0.29) is 25.0 Å².